The first-order chi connectivity index (χ1) is 10.6. The standard InChI is InChI=1S/C16H20ClN3OS/c1-11-14(10-12-5-3-6-13(17)9-12)22-16(19-11)20-15(21)7-4-8-18-2/h3,5-6,9,18H,4,7-8,10H2,1-2H3,(H,19,20,21). The zero-order valence-corrected chi connectivity index (χ0v) is 14.4. The number of amides is 1. The van der Waals surface area contributed by atoms with Crippen molar-refractivity contribution in [2.24, 2.45) is 0 Å². The number of hydrogen-bond acceptors (Lipinski definition) is 4. The molecule has 0 atom stereocenters. The van der Waals surface area contributed by atoms with Gasteiger partial charge in [0.1, 0.15) is 0 Å². The Labute approximate surface area is 139 Å². The summed E-state index contributed by atoms with van der Waals surface area (Å²) in [5, 5.41) is 7.31. The maximum Gasteiger partial charge on any atom is 0.226 e. The predicted octanol–water partition coefficient (Wildman–Crippen LogP) is 3.63. The monoisotopic (exact) mass is 337 g/mol. The quantitative estimate of drug-likeness (QED) is 0.758. The molecular formula is C16H20ClN3OS. The van der Waals surface area contributed by atoms with Crippen LogP contribution in [0.4, 0.5) is 5.13 Å². The van der Waals surface area contributed by atoms with Crippen LogP contribution >= 0.6 is 22.9 Å². The fourth-order valence-electron chi connectivity index (χ4n) is 2.09. The van der Waals surface area contributed by atoms with Gasteiger partial charge in [0.15, 0.2) is 5.13 Å². The minimum Gasteiger partial charge on any atom is -0.320 e. The lowest BCUT2D eigenvalue weighted by molar-refractivity contribution is -0.116. The Balaban J connectivity index is 1.97. The van der Waals surface area contributed by atoms with Crippen LogP contribution in [0.5, 0.6) is 0 Å². The van der Waals surface area contributed by atoms with Gasteiger partial charge >= 0.3 is 0 Å². The number of anilines is 1. The number of halogens is 1. The van der Waals surface area contributed by atoms with Gasteiger partial charge in [-0.25, -0.2) is 4.98 Å². The maximum absolute atomic E-state index is 11.8. The summed E-state index contributed by atoms with van der Waals surface area (Å²) in [7, 11) is 1.88. The summed E-state index contributed by atoms with van der Waals surface area (Å²) >= 11 is 7.54. The molecule has 0 saturated heterocycles. The number of rotatable bonds is 7. The molecule has 0 aliphatic heterocycles. The minimum atomic E-state index is 0.0123. The number of thiazole rings is 1. The van der Waals surface area contributed by atoms with E-state index in [0.717, 1.165) is 40.5 Å². The molecular weight excluding hydrogens is 318 g/mol. The van der Waals surface area contributed by atoms with Gasteiger partial charge < -0.3 is 10.6 Å². The van der Waals surface area contributed by atoms with Gasteiger partial charge in [-0.3, -0.25) is 4.79 Å². The summed E-state index contributed by atoms with van der Waals surface area (Å²) in [6.45, 7) is 2.80. The minimum absolute atomic E-state index is 0.0123. The second-order valence-electron chi connectivity index (χ2n) is 5.09. The van der Waals surface area contributed by atoms with Gasteiger partial charge in [-0.2, -0.15) is 0 Å². The van der Waals surface area contributed by atoms with E-state index in [2.05, 4.69) is 15.6 Å². The van der Waals surface area contributed by atoms with Crippen LogP contribution in [-0.2, 0) is 11.2 Å². The average Bonchev–Trinajstić information content (AvgIpc) is 2.79. The van der Waals surface area contributed by atoms with Gasteiger partial charge in [0.2, 0.25) is 5.91 Å². The lowest BCUT2D eigenvalue weighted by atomic mass is 10.1. The molecule has 22 heavy (non-hydrogen) atoms. The van der Waals surface area contributed by atoms with Gasteiger partial charge in [-0.15, -0.1) is 11.3 Å². The highest BCUT2D eigenvalue weighted by Crippen LogP contribution is 2.26. The molecule has 1 aromatic carbocycles. The Hall–Kier alpha value is -1.43. The van der Waals surface area contributed by atoms with E-state index < -0.39 is 0 Å². The number of nitrogens with one attached hydrogen (secondary N) is 2. The molecule has 1 aromatic heterocycles. The van der Waals surface area contributed by atoms with Crippen molar-refractivity contribution in [2.45, 2.75) is 26.2 Å². The molecule has 118 valence electrons. The molecule has 0 saturated carbocycles. The average molecular weight is 338 g/mol. The molecule has 0 radical (unpaired) electrons. The largest absolute Gasteiger partial charge is 0.320 e. The van der Waals surface area contributed by atoms with Crippen LogP contribution in [0.3, 0.4) is 0 Å². The normalized spacial score (nSPS) is 10.7. The van der Waals surface area contributed by atoms with Gasteiger partial charge in [0.05, 0.1) is 5.69 Å². The van der Waals surface area contributed by atoms with Gasteiger partial charge in [-0.05, 0) is 44.6 Å². The molecule has 4 nitrogen and oxygen atoms in total. The number of aromatic nitrogens is 1. The van der Waals surface area contributed by atoms with Crippen molar-refractivity contribution < 1.29 is 4.79 Å². The Morgan fingerprint density at radius 2 is 2.23 bits per heavy atom. The molecule has 2 aromatic rings. The van der Waals surface area contributed by atoms with Crippen molar-refractivity contribution in [3.63, 3.8) is 0 Å². The van der Waals surface area contributed by atoms with Crippen molar-refractivity contribution in [1.82, 2.24) is 10.3 Å². The summed E-state index contributed by atoms with van der Waals surface area (Å²) in [4.78, 5) is 17.4. The van der Waals surface area contributed by atoms with Crippen LogP contribution in [-0.4, -0.2) is 24.5 Å². The van der Waals surface area contributed by atoms with Gasteiger partial charge in [-0.1, -0.05) is 23.7 Å². The van der Waals surface area contributed by atoms with Gasteiger partial charge in [0, 0.05) is 22.7 Å². The van der Waals surface area contributed by atoms with Crippen LogP contribution in [0.2, 0.25) is 5.02 Å². The first-order valence-electron chi connectivity index (χ1n) is 7.23. The number of aryl methyl sites for hydroxylation is 1. The SMILES string of the molecule is CNCCCC(=O)Nc1nc(C)c(Cc2cccc(Cl)c2)s1. The van der Waals surface area contributed by atoms with Gasteiger partial charge in [0.25, 0.3) is 0 Å². The second kappa shape index (κ2) is 8.27. The summed E-state index contributed by atoms with van der Waals surface area (Å²) in [6, 6.07) is 7.80. The smallest absolute Gasteiger partial charge is 0.226 e. The Morgan fingerprint density at radius 1 is 1.41 bits per heavy atom. The summed E-state index contributed by atoms with van der Waals surface area (Å²) in [6.07, 6.45) is 2.10. The lowest BCUT2D eigenvalue weighted by Crippen LogP contribution is -2.15. The van der Waals surface area contributed by atoms with E-state index in [1.54, 1.807) is 0 Å². The zero-order chi connectivity index (χ0) is 15.9. The second-order valence-corrected chi connectivity index (χ2v) is 6.61. The van der Waals surface area contributed by atoms with Crippen molar-refractivity contribution >= 4 is 34.0 Å². The molecule has 0 spiro atoms. The summed E-state index contributed by atoms with van der Waals surface area (Å²) in [5.74, 6) is 0.0123. The van der Waals surface area contributed by atoms with E-state index >= 15 is 0 Å². The number of carbonyl (C=O) groups excluding carboxylic acids is 1. The van der Waals surface area contributed by atoms with Crippen LogP contribution < -0.4 is 10.6 Å². The van der Waals surface area contributed by atoms with Crippen molar-refractivity contribution in [3.05, 3.63) is 45.4 Å². The van der Waals surface area contributed by atoms with Crippen LogP contribution in [0.25, 0.3) is 0 Å². The molecule has 1 amide bonds. The molecule has 6 heteroatoms. The lowest BCUT2D eigenvalue weighted by Gasteiger charge is -2.01. The highest BCUT2D eigenvalue weighted by Gasteiger charge is 2.11. The van der Waals surface area contributed by atoms with E-state index in [4.69, 9.17) is 11.6 Å². The van der Waals surface area contributed by atoms with Crippen LogP contribution in [0.15, 0.2) is 24.3 Å². The van der Waals surface area contributed by atoms with Crippen molar-refractivity contribution in [2.75, 3.05) is 18.9 Å². The molecule has 2 rings (SSSR count). The van der Waals surface area contributed by atoms with Crippen LogP contribution in [0.1, 0.15) is 29.0 Å². The maximum atomic E-state index is 11.8. The van der Waals surface area contributed by atoms with Crippen molar-refractivity contribution in [3.8, 4) is 0 Å². The third kappa shape index (κ3) is 5.09. The fourth-order valence-corrected chi connectivity index (χ4v) is 3.31. The third-order valence-electron chi connectivity index (χ3n) is 3.22. The highest BCUT2D eigenvalue weighted by atomic mass is 35.5. The van der Waals surface area contributed by atoms with E-state index in [0.29, 0.717) is 11.6 Å². The molecule has 1 heterocycles. The van der Waals surface area contributed by atoms with E-state index in [-0.39, 0.29) is 5.91 Å². The Morgan fingerprint density at radius 3 is 2.95 bits per heavy atom. The Kier molecular flexibility index (Phi) is 6.36. The van der Waals surface area contributed by atoms with E-state index in [1.165, 1.54) is 11.3 Å². The molecule has 0 fully saturated rings. The number of benzene rings is 1. The highest BCUT2D eigenvalue weighted by molar-refractivity contribution is 7.15. The number of carbonyl (C=O) groups is 1. The predicted molar refractivity (Wildman–Crippen MR) is 92.9 cm³/mol. The molecule has 0 unspecified atom stereocenters. The zero-order valence-electron chi connectivity index (χ0n) is 12.8. The Bertz CT molecular complexity index is 642. The first kappa shape index (κ1) is 16.9. The molecule has 2 N–H and O–H groups in total. The number of nitrogens with zero attached hydrogens (tertiary/aromatic N) is 1. The molecule has 0 aliphatic rings. The van der Waals surface area contributed by atoms with E-state index in [1.807, 2.05) is 38.2 Å². The third-order valence-corrected chi connectivity index (χ3v) is 4.53. The summed E-state index contributed by atoms with van der Waals surface area (Å²) < 4.78 is 0. The van der Waals surface area contributed by atoms with E-state index in [9.17, 15) is 4.79 Å². The molecule has 0 bridgehead atoms. The fraction of sp³-hybridized carbons (Fsp3) is 0.375. The number of hydrogen-bond donors (Lipinski definition) is 2. The molecule has 0 aliphatic carbocycles. The van der Waals surface area contributed by atoms with Crippen molar-refractivity contribution in [1.29, 1.82) is 0 Å². The first-order valence-corrected chi connectivity index (χ1v) is 8.43. The topological polar surface area (TPSA) is 54.0 Å². The van der Waals surface area contributed by atoms with Crippen LogP contribution in [0, 0.1) is 6.92 Å². The summed E-state index contributed by atoms with van der Waals surface area (Å²) in [5.41, 5.74) is 2.10.